The predicted molar refractivity (Wildman–Crippen MR) is 69.8 cm³/mol. The van der Waals surface area contributed by atoms with Gasteiger partial charge in [-0.25, -0.2) is 14.0 Å². The average Bonchev–Trinajstić information content (AvgIpc) is 2.27. The van der Waals surface area contributed by atoms with Crippen LogP contribution in [-0.2, 0) is 0 Å². The fourth-order valence-electron chi connectivity index (χ4n) is 1.69. The van der Waals surface area contributed by atoms with E-state index in [0.717, 1.165) is 6.07 Å². The number of urea groups is 1. The number of benzene rings is 1. The third kappa shape index (κ3) is 3.94. The van der Waals surface area contributed by atoms with E-state index in [2.05, 4.69) is 5.32 Å². The number of carboxylic acid groups (broad SMARTS) is 1. The van der Waals surface area contributed by atoms with E-state index in [0.29, 0.717) is 6.54 Å². The number of hydrogen-bond donors (Lipinski definition) is 2. The molecule has 0 bridgehead atoms. The van der Waals surface area contributed by atoms with E-state index in [9.17, 15) is 14.0 Å². The lowest BCUT2D eigenvalue weighted by atomic mass is 10.1. The molecule has 0 atom stereocenters. The number of aromatic carboxylic acids is 1. The van der Waals surface area contributed by atoms with Crippen LogP contribution in [0, 0.1) is 11.7 Å². The van der Waals surface area contributed by atoms with Crippen molar-refractivity contribution in [3.63, 3.8) is 0 Å². The fraction of sp³-hybridized carbons (Fsp3) is 0.385. The van der Waals surface area contributed by atoms with Gasteiger partial charge in [0, 0.05) is 13.6 Å². The van der Waals surface area contributed by atoms with Crippen molar-refractivity contribution < 1.29 is 19.1 Å². The van der Waals surface area contributed by atoms with Crippen LogP contribution in [-0.4, -0.2) is 35.6 Å². The maximum absolute atomic E-state index is 13.4. The first-order valence-electron chi connectivity index (χ1n) is 5.86. The third-order valence-electron chi connectivity index (χ3n) is 2.45. The second-order valence-electron chi connectivity index (χ2n) is 4.67. The van der Waals surface area contributed by atoms with Gasteiger partial charge in [-0.3, -0.25) is 0 Å². The van der Waals surface area contributed by atoms with Crippen molar-refractivity contribution >= 4 is 17.7 Å². The third-order valence-corrected chi connectivity index (χ3v) is 2.45. The Morgan fingerprint density at radius 3 is 2.58 bits per heavy atom. The van der Waals surface area contributed by atoms with Crippen molar-refractivity contribution in [1.29, 1.82) is 0 Å². The maximum atomic E-state index is 13.4. The molecule has 2 amide bonds. The molecule has 0 aliphatic heterocycles. The van der Waals surface area contributed by atoms with Gasteiger partial charge in [0.2, 0.25) is 0 Å². The summed E-state index contributed by atoms with van der Waals surface area (Å²) in [5.41, 5.74) is -0.582. The lowest BCUT2D eigenvalue weighted by molar-refractivity contribution is 0.0693. The molecule has 6 heteroatoms. The van der Waals surface area contributed by atoms with Crippen LogP contribution in [0.3, 0.4) is 0 Å². The largest absolute Gasteiger partial charge is 0.478 e. The van der Waals surface area contributed by atoms with E-state index >= 15 is 0 Å². The van der Waals surface area contributed by atoms with Crippen LogP contribution in [0.4, 0.5) is 14.9 Å². The zero-order valence-corrected chi connectivity index (χ0v) is 11.1. The summed E-state index contributed by atoms with van der Waals surface area (Å²) >= 11 is 0. The Balaban J connectivity index is 2.91. The quantitative estimate of drug-likeness (QED) is 0.882. The molecule has 0 heterocycles. The molecule has 5 nitrogen and oxygen atoms in total. The Labute approximate surface area is 111 Å². The Morgan fingerprint density at radius 1 is 1.42 bits per heavy atom. The first-order valence-corrected chi connectivity index (χ1v) is 5.86. The van der Waals surface area contributed by atoms with Crippen LogP contribution in [0.1, 0.15) is 24.2 Å². The monoisotopic (exact) mass is 268 g/mol. The number of carbonyl (C=O) groups is 2. The van der Waals surface area contributed by atoms with Crippen LogP contribution < -0.4 is 5.32 Å². The Bertz CT molecular complexity index is 489. The number of nitrogens with zero attached hydrogens (tertiary/aromatic N) is 1. The van der Waals surface area contributed by atoms with Crippen LogP contribution in [0.15, 0.2) is 18.2 Å². The van der Waals surface area contributed by atoms with Gasteiger partial charge >= 0.3 is 12.0 Å². The zero-order chi connectivity index (χ0) is 14.6. The molecule has 0 spiro atoms. The average molecular weight is 268 g/mol. The zero-order valence-electron chi connectivity index (χ0n) is 11.1. The van der Waals surface area contributed by atoms with Crippen molar-refractivity contribution in [2.24, 2.45) is 5.92 Å². The SMILES string of the molecule is CC(C)CN(C)C(=O)Nc1cccc(F)c1C(=O)O. The van der Waals surface area contributed by atoms with Crippen molar-refractivity contribution in [2.75, 3.05) is 18.9 Å². The van der Waals surface area contributed by atoms with E-state index in [-0.39, 0.29) is 11.6 Å². The minimum absolute atomic E-state index is 0.0480. The molecule has 0 aliphatic carbocycles. The molecule has 2 N–H and O–H groups in total. The number of rotatable bonds is 4. The molecular formula is C13H17FN2O3. The number of carboxylic acids is 1. The minimum Gasteiger partial charge on any atom is -0.478 e. The summed E-state index contributed by atoms with van der Waals surface area (Å²) in [6.07, 6.45) is 0. The first-order chi connectivity index (χ1) is 8.82. The molecular weight excluding hydrogens is 251 g/mol. The molecule has 0 fully saturated rings. The van der Waals surface area contributed by atoms with Gasteiger partial charge in [-0.15, -0.1) is 0 Å². The van der Waals surface area contributed by atoms with Gasteiger partial charge in [-0.1, -0.05) is 19.9 Å². The van der Waals surface area contributed by atoms with Gasteiger partial charge in [-0.05, 0) is 18.1 Å². The highest BCUT2D eigenvalue weighted by molar-refractivity contribution is 6.00. The molecule has 0 saturated carbocycles. The molecule has 1 aromatic carbocycles. The molecule has 1 rings (SSSR count). The van der Waals surface area contributed by atoms with Gasteiger partial charge in [-0.2, -0.15) is 0 Å². The molecule has 0 aromatic heterocycles. The topological polar surface area (TPSA) is 69.6 Å². The molecule has 1 aromatic rings. The summed E-state index contributed by atoms with van der Waals surface area (Å²) in [5.74, 6) is -2.01. The van der Waals surface area contributed by atoms with Gasteiger partial charge in [0.05, 0.1) is 5.69 Å². The molecule has 0 aliphatic rings. The van der Waals surface area contributed by atoms with E-state index in [4.69, 9.17) is 5.11 Å². The molecule has 0 saturated heterocycles. The number of anilines is 1. The van der Waals surface area contributed by atoms with Crippen LogP contribution in [0.2, 0.25) is 0 Å². The van der Waals surface area contributed by atoms with E-state index in [1.165, 1.54) is 17.0 Å². The second-order valence-corrected chi connectivity index (χ2v) is 4.67. The van der Waals surface area contributed by atoms with Crippen LogP contribution in [0.25, 0.3) is 0 Å². The van der Waals surface area contributed by atoms with Crippen molar-refractivity contribution in [3.05, 3.63) is 29.6 Å². The number of carbonyl (C=O) groups excluding carboxylic acids is 1. The van der Waals surface area contributed by atoms with Crippen LogP contribution in [0.5, 0.6) is 0 Å². The number of nitrogens with one attached hydrogen (secondary N) is 1. The summed E-state index contributed by atoms with van der Waals surface area (Å²) in [4.78, 5) is 24.2. The number of amides is 2. The number of halogens is 1. The highest BCUT2D eigenvalue weighted by atomic mass is 19.1. The van der Waals surface area contributed by atoms with Gasteiger partial charge in [0.25, 0.3) is 0 Å². The van der Waals surface area contributed by atoms with Gasteiger partial charge in [0.15, 0.2) is 0 Å². The standard InChI is InChI=1S/C13H17FN2O3/c1-8(2)7-16(3)13(19)15-10-6-4-5-9(14)11(10)12(17)18/h4-6,8H,7H2,1-3H3,(H,15,19)(H,17,18). The number of hydrogen-bond acceptors (Lipinski definition) is 2. The Kier molecular flexibility index (Phi) is 4.86. The summed E-state index contributed by atoms with van der Waals surface area (Å²) in [6.45, 7) is 4.42. The molecule has 0 unspecified atom stereocenters. The normalized spacial score (nSPS) is 10.4. The first kappa shape index (κ1) is 14.9. The Morgan fingerprint density at radius 2 is 2.05 bits per heavy atom. The van der Waals surface area contributed by atoms with E-state index < -0.39 is 23.4 Å². The summed E-state index contributed by atoms with van der Waals surface area (Å²) < 4.78 is 13.4. The smallest absolute Gasteiger partial charge is 0.340 e. The van der Waals surface area contributed by atoms with Crippen LogP contribution >= 0.6 is 0 Å². The van der Waals surface area contributed by atoms with E-state index in [1.54, 1.807) is 7.05 Å². The highest BCUT2D eigenvalue weighted by Gasteiger charge is 2.18. The second kappa shape index (κ2) is 6.17. The molecule has 19 heavy (non-hydrogen) atoms. The highest BCUT2D eigenvalue weighted by Crippen LogP contribution is 2.19. The lowest BCUT2D eigenvalue weighted by Crippen LogP contribution is -2.34. The molecule has 0 radical (unpaired) electrons. The van der Waals surface area contributed by atoms with Crippen molar-refractivity contribution in [3.8, 4) is 0 Å². The van der Waals surface area contributed by atoms with Gasteiger partial charge in [0.1, 0.15) is 11.4 Å². The summed E-state index contributed by atoms with van der Waals surface area (Å²) in [7, 11) is 1.59. The van der Waals surface area contributed by atoms with Crippen molar-refractivity contribution in [1.82, 2.24) is 4.90 Å². The summed E-state index contributed by atoms with van der Waals surface area (Å²) in [5, 5.41) is 11.3. The molecule has 104 valence electrons. The fourth-order valence-corrected chi connectivity index (χ4v) is 1.69. The van der Waals surface area contributed by atoms with E-state index in [1.807, 2.05) is 13.8 Å². The summed E-state index contributed by atoms with van der Waals surface area (Å²) in [6, 6.07) is 3.27. The Hall–Kier alpha value is -2.11. The lowest BCUT2D eigenvalue weighted by Gasteiger charge is -2.20. The predicted octanol–water partition coefficient (Wildman–Crippen LogP) is 2.64. The van der Waals surface area contributed by atoms with Crippen molar-refractivity contribution in [2.45, 2.75) is 13.8 Å². The van der Waals surface area contributed by atoms with Gasteiger partial charge < -0.3 is 15.3 Å². The maximum Gasteiger partial charge on any atom is 0.340 e. The minimum atomic E-state index is -1.42.